The lowest BCUT2D eigenvalue weighted by Crippen LogP contribution is -3.10. The molecule has 14 nitrogen and oxygen atoms in total. The summed E-state index contributed by atoms with van der Waals surface area (Å²) in [6.45, 7) is 10.9. The van der Waals surface area contributed by atoms with Gasteiger partial charge in [-0.1, -0.05) is 69.1 Å². The van der Waals surface area contributed by atoms with E-state index >= 15 is 0 Å². The van der Waals surface area contributed by atoms with Crippen molar-refractivity contribution in [3.8, 4) is 0 Å². The highest BCUT2D eigenvalue weighted by Crippen LogP contribution is 2.36. The highest BCUT2D eigenvalue weighted by molar-refractivity contribution is 8.13. The van der Waals surface area contributed by atoms with Crippen LogP contribution in [0.5, 0.6) is 0 Å². The third-order valence-corrected chi connectivity index (χ3v) is 9.41. The van der Waals surface area contributed by atoms with E-state index in [4.69, 9.17) is 31.4 Å². The van der Waals surface area contributed by atoms with Crippen LogP contribution in [0, 0.1) is 12.3 Å². The Morgan fingerprint density at radius 3 is 1.45 bits per heavy atom. The van der Waals surface area contributed by atoms with Crippen LogP contribution >= 0.6 is 0 Å². The number of hydrogen-bond acceptors (Lipinski definition) is 10. The molecule has 1 aromatic heterocycles. The molecular weight excluding hydrogens is 857 g/mol. The molecular formula is C30H50F8N4O10S4. The van der Waals surface area contributed by atoms with E-state index in [-0.39, 0.29) is 0 Å². The van der Waals surface area contributed by atoms with Gasteiger partial charge in [-0.15, -0.1) is 3.89 Å². The number of amidine groups is 1. The molecule has 0 amide bonds. The van der Waals surface area contributed by atoms with Gasteiger partial charge in [-0.3, -0.25) is 14.9 Å². The Morgan fingerprint density at radius 1 is 0.732 bits per heavy atom. The molecule has 0 bridgehead atoms. The van der Waals surface area contributed by atoms with Crippen molar-refractivity contribution in [2.24, 2.45) is 0 Å². The summed E-state index contributed by atoms with van der Waals surface area (Å²) in [5.41, 5.74) is -9.87. The predicted molar refractivity (Wildman–Crippen MR) is 191 cm³/mol. The van der Waals surface area contributed by atoms with E-state index in [0.29, 0.717) is 5.84 Å². The van der Waals surface area contributed by atoms with Crippen LogP contribution in [0.3, 0.4) is 0 Å². The summed E-state index contributed by atoms with van der Waals surface area (Å²) in [6.07, 6.45) is 26.8. The monoisotopic (exact) mass is 906 g/mol. The van der Waals surface area contributed by atoms with E-state index in [0.717, 1.165) is 10.7 Å². The van der Waals surface area contributed by atoms with Gasteiger partial charge in [0, 0.05) is 24.6 Å². The van der Waals surface area contributed by atoms with E-state index in [1.54, 1.807) is 0 Å². The third-order valence-electron chi connectivity index (χ3n) is 6.67. The first-order valence-corrected chi connectivity index (χ1v) is 22.3. The van der Waals surface area contributed by atoms with Crippen LogP contribution in [-0.2, 0) is 47.6 Å². The molecule has 0 saturated carbocycles. The van der Waals surface area contributed by atoms with Crippen molar-refractivity contribution in [2.75, 3.05) is 6.54 Å². The summed E-state index contributed by atoms with van der Waals surface area (Å²) in [5, 5.41) is 7.86. The number of aryl methyl sites for hydroxylation is 2. The van der Waals surface area contributed by atoms with Gasteiger partial charge in [0.2, 0.25) is 5.84 Å². The van der Waals surface area contributed by atoms with Crippen LogP contribution in [-0.4, -0.2) is 66.2 Å². The Labute approximate surface area is 324 Å². The van der Waals surface area contributed by atoms with Gasteiger partial charge in [-0.05, 0) is 50.3 Å². The second-order valence-corrected chi connectivity index (χ2v) is 16.8. The van der Waals surface area contributed by atoms with E-state index in [2.05, 4.69) is 62.1 Å². The average molecular weight is 907 g/mol. The molecule has 1 atom stereocenters. The maximum Gasteiger partial charge on any atom is 0.480 e. The molecule has 1 aromatic rings. The Bertz CT molecular complexity index is 1680. The molecule has 0 saturated heterocycles. The lowest BCUT2D eigenvalue weighted by molar-refractivity contribution is -0.747. The van der Waals surface area contributed by atoms with Crippen molar-refractivity contribution in [3.05, 3.63) is 58.1 Å². The van der Waals surface area contributed by atoms with Crippen LogP contribution in [0.1, 0.15) is 103 Å². The van der Waals surface area contributed by atoms with Gasteiger partial charge in [0.15, 0.2) is 32.4 Å². The Balaban J connectivity index is -0.000000670. The zero-order valence-electron chi connectivity index (χ0n) is 31.1. The summed E-state index contributed by atoms with van der Waals surface area (Å²) in [5.74, 6) is 0.716. The minimum atomic E-state index is -6.72. The van der Waals surface area contributed by atoms with Gasteiger partial charge in [-0.25, -0.2) is 29.8 Å². The smallest absolute Gasteiger partial charge is 0.480 e. The lowest BCUT2D eigenvalue weighted by atomic mass is 10.1. The van der Waals surface area contributed by atoms with Gasteiger partial charge < -0.3 is 8.68 Å². The zero-order valence-corrected chi connectivity index (χ0v) is 34.4. The number of sulfonamides is 2. The van der Waals surface area contributed by atoms with Crippen molar-refractivity contribution in [1.82, 2.24) is 0 Å². The highest BCUT2D eigenvalue weighted by Gasteiger charge is 2.47. The standard InChI is InChI=1S/C14H24N2.C14H24N.C2F6NO4S2.2FHO3S/c1-3-4-5-6-7-8-10-16-11-9-13(2)12-14(16)15;1-3-4-5-6-7-8-11-15-12-9-14(2)10-13-15;3-1(4,5)14(10,11)9-15(12,13)2(6,7)8;2*1-5(2,3)4/h9,11-12,15H,3-8,10H2,1-2H3;9-10,12-13H,3-8,11H2,1-2H3;;2*(H,2,3,4)/q;+1;-1;;. The van der Waals surface area contributed by atoms with Crippen LogP contribution in [0.4, 0.5) is 34.1 Å². The van der Waals surface area contributed by atoms with Gasteiger partial charge >= 0.3 is 21.5 Å². The fourth-order valence-electron chi connectivity index (χ4n) is 3.97. The average Bonchev–Trinajstić information content (AvgIpc) is 3.00. The number of quaternary nitrogens is 1. The summed E-state index contributed by atoms with van der Waals surface area (Å²) >= 11 is 0. The first-order valence-electron chi connectivity index (χ1n) is 16.7. The second kappa shape index (κ2) is 27.9. The number of alkyl halides is 6. The zero-order chi connectivity index (χ0) is 44.4. The fraction of sp³-hybridized carbons (Fsp3) is 0.667. The maximum absolute atomic E-state index is 11.4. The lowest BCUT2D eigenvalue weighted by Gasteiger charge is -2.22. The summed E-state index contributed by atoms with van der Waals surface area (Å²) < 4.78 is 181. The number of unbranched alkanes of at least 4 members (excludes halogenated alkanes) is 10. The number of aromatic nitrogens is 1. The van der Waals surface area contributed by atoms with Crippen molar-refractivity contribution in [3.63, 3.8) is 0 Å². The summed E-state index contributed by atoms with van der Waals surface area (Å²) in [6, 6.07) is 4.36. The SMILES string of the molecule is CCCCCCCC[NH+]1C=CC(C)=CC1=N.CCCCCCCC[n+]1ccc(C)cc1.O=S(=O)(O)F.O=S(=O)([N-]S(=O)(=O)C(F)(F)F)C(F)(F)F.O=S(=O)([O-])F. The van der Waals surface area contributed by atoms with Crippen LogP contribution < -0.4 is 9.47 Å². The van der Waals surface area contributed by atoms with Crippen molar-refractivity contribution in [1.29, 1.82) is 5.41 Å². The molecule has 0 spiro atoms. The number of nitrogens with zero attached hydrogens (tertiary/aromatic N) is 2. The molecule has 0 radical (unpaired) electrons. The molecule has 56 heavy (non-hydrogen) atoms. The van der Waals surface area contributed by atoms with E-state index in [1.165, 1.54) is 99.6 Å². The summed E-state index contributed by atoms with van der Waals surface area (Å²) in [7, 11) is -24.0. The molecule has 26 heteroatoms. The number of nitrogens with one attached hydrogen (secondary N) is 2. The van der Waals surface area contributed by atoms with Crippen molar-refractivity contribution >= 4 is 46.9 Å². The van der Waals surface area contributed by atoms with Crippen LogP contribution in [0.15, 0.2) is 48.5 Å². The number of allylic oxidation sites excluding steroid dienone is 2. The largest absolute Gasteiger partial charge is 0.722 e. The highest BCUT2D eigenvalue weighted by atomic mass is 32.3. The molecule has 2 rings (SSSR count). The van der Waals surface area contributed by atoms with Gasteiger partial charge in [0.1, 0.15) is 12.7 Å². The predicted octanol–water partition coefficient (Wildman–Crippen LogP) is 6.56. The molecule has 1 aliphatic rings. The van der Waals surface area contributed by atoms with Gasteiger partial charge in [-0.2, -0.15) is 34.8 Å². The van der Waals surface area contributed by atoms with E-state index in [9.17, 15) is 50.9 Å². The van der Waals surface area contributed by atoms with Crippen LogP contribution in [0.2, 0.25) is 0 Å². The van der Waals surface area contributed by atoms with Crippen molar-refractivity contribution < 1.29 is 86.4 Å². The van der Waals surface area contributed by atoms with E-state index < -0.39 is 52.1 Å². The minimum absolute atomic E-state index is 0.716. The topological polar surface area (TPSA) is 226 Å². The molecule has 330 valence electrons. The Kier molecular flexibility index (Phi) is 28.8. The number of rotatable bonds is 16. The molecule has 1 unspecified atom stereocenters. The van der Waals surface area contributed by atoms with Gasteiger partial charge in [0.25, 0.3) is 10.5 Å². The number of halogens is 8. The molecule has 3 N–H and O–H groups in total. The van der Waals surface area contributed by atoms with Crippen LogP contribution in [0.25, 0.3) is 4.13 Å². The number of hydrogen-bond donors (Lipinski definition) is 3. The quantitative estimate of drug-likeness (QED) is 0.0532. The normalized spacial score (nSPS) is 14.7. The third kappa shape index (κ3) is 35.8. The first-order chi connectivity index (χ1) is 25.3. The van der Waals surface area contributed by atoms with Gasteiger partial charge in [0.05, 0.1) is 6.54 Å². The molecule has 1 aliphatic heterocycles. The molecule has 2 heterocycles. The molecule has 0 fully saturated rings. The molecule has 0 aliphatic carbocycles. The maximum atomic E-state index is 11.4. The fourth-order valence-corrected chi connectivity index (χ4v) is 5.68. The van der Waals surface area contributed by atoms with Crippen molar-refractivity contribution in [2.45, 2.75) is 122 Å². The number of pyridine rings is 1. The summed E-state index contributed by atoms with van der Waals surface area (Å²) in [4.78, 5) is 1.21. The van der Waals surface area contributed by atoms with E-state index in [1.807, 2.05) is 13.0 Å². The second-order valence-electron chi connectivity index (χ2n) is 11.8. The Hall–Kier alpha value is -2.62. The Morgan fingerprint density at radius 2 is 1.09 bits per heavy atom. The minimum Gasteiger partial charge on any atom is -0.722 e. The first kappa shape index (κ1) is 57.7. The molecule has 0 aromatic carbocycles.